The monoisotopic (exact) mass is 273 g/mol. The van der Waals surface area contributed by atoms with Crippen molar-refractivity contribution in [3.63, 3.8) is 0 Å². The van der Waals surface area contributed by atoms with E-state index in [0.29, 0.717) is 5.56 Å². The summed E-state index contributed by atoms with van der Waals surface area (Å²) in [6.07, 6.45) is 0. The van der Waals surface area contributed by atoms with Gasteiger partial charge >= 0.3 is 0 Å². The van der Waals surface area contributed by atoms with Gasteiger partial charge in [-0.2, -0.15) is 0 Å². The second-order valence-electron chi connectivity index (χ2n) is 4.19. The number of phenolic OH excluding ortho intramolecular Hbond substituents is 1. The number of anilines is 1. The molecule has 0 fully saturated rings. The Labute approximate surface area is 114 Å². The minimum Gasteiger partial charge on any atom is -0.507 e. The SMILES string of the molecule is CC(=O)c1ccccc1NC(=O)c1c(O)cccc1F. The highest BCUT2D eigenvalue weighted by Gasteiger charge is 2.18. The first-order valence-electron chi connectivity index (χ1n) is 5.89. The van der Waals surface area contributed by atoms with Gasteiger partial charge in [0.15, 0.2) is 5.78 Å². The van der Waals surface area contributed by atoms with Crippen LogP contribution in [0.5, 0.6) is 5.75 Å². The summed E-state index contributed by atoms with van der Waals surface area (Å²) >= 11 is 0. The maximum Gasteiger partial charge on any atom is 0.262 e. The van der Waals surface area contributed by atoms with E-state index >= 15 is 0 Å². The molecule has 0 saturated carbocycles. The van der Waals surface area contributed by atoms with Crippen LogP contribution in [0.1, 0.15) is 27.6 Å². The third kappa shape index (κ3) is 2.66. The molecule has 0 aliphatic carbocycles. The van der Waals surface area contributed by atoms with Crippen LogP contribution in [0.15, 0.2) is 42.5 Å². The largest absolute Gasteiger partial charge is 0.507 e. The zero-order valence-corrected chi connectivity index (χ0v) is 10.7. The first kappa shape index (κ1) is 13.7. The minimum atomic E-state index is -0.831. The molecule has 0 saturated heterocycles. The molecule has 0 heterocycles. The summed E-state index contributed by atoms with van der Waals surface area (Å²) in [5.74, 6) is -2.32. The number of para-hydroxylation sites is 1. The third-order valence-electron chi connectivity index (χ3n) is 2.77. The number of aromatic hydroxyl groups is 1. The second kappa shape index (κ2) is 5.52. The summed E-state index contributed by atoms with van der Waals surface area (Å²) in [5.41, 5.74) is 0.134. The van der Waals surface area contributed by atoms with E-state index in [2.05, 4.69) is 5.32 Å². The number of rotatable bonds is 3. The molecule has 4 nitrogen and oxygen atoms in total. The maximum absolute atomic E-state index is 13.6. The molecule has 1 amide bonds. The molecule has 2 rings (SSSR count). The third-order valence-corrected chi connectivity index (χ3v) is 2.77. The van der Waals surface area contributed by atoms with E-state index in [9.17, 15) is 19.1 Å². The van der Waals surface area contributed by atoms with Crippen molar-refractivity contribution in [3.8, 4) is 5.75 Å². The Balaban J connectivity index is 2.36. The van der Waals surface area contributed by atoms with E-state index in [4.69, 9.17) is 0 Å². The molecule has 2 aromatic rings. The molecule has 0 bridgehead atoms. The Hall–Kier alpha value is -2.69. The van der Waals surface area contributed by atoms with Crippen molar-refractivity contribution in [1.29, 1.82) is 0 Å². The van der Waals surface area contributed by atoms with Crippen LogP contribution in [0.25, 0.3) is 0 Å². The topological polar surface area (TPSA) is 66.4 Å². The van der Waals surface area contributed by atoms with E-state index in [1.165, 1.54) is 25.1 Å². The lowest BCUT2D eigenvalue weighted by atomic mass is 10.1. The van der Waals surface area contributed by atoms with Gasteiger partial charge in [0.25, 0.3) is 5.91 Å². The minimum absolute atomic E-state index is 0.223. The highest BCUT2D eigenvalue weighted by Crippen LogP contribution is 2.22. The van der Waals surface area contributed by atoms with Crippen LogP contribution < -0.4 is 5.32 Å². The van der Waals surface area contributed by atoms with Gasteiger partial charge in [0.1, 0.15) is 17.1 Å². The summed E-state index contributed by atoms with van der Waals surface area (Å²) in [4.78, 5) is 23.5. The number of carbonyl (C=O) groups excluding carboxylic acids is 2. The van der Waals surface area contributed by atoms with Crippen LogP contribution in [0.2, 0.25) is 0 Å². The Morgan fingerprint density at radius 2 is 1.80 bits per heavy atom. The van der Waals surface area contributed by atoms with Gasteiger partial charge in [0.05, 0.1) is 5.69 Å². The smallest absolute Gasteiger partial charge is 0.262 e. The van der Waals surface area contributed by atoms with Gasteiger partial charge in [-0.1, -0.05) is 18.2 Å². The summed E-state index contributed by atoms with van der Waals surface area (Å²) in [5, 5.41) is 12.0. The van der Waals surface area contributed by atoms with Crippen molar-refractivity contribution >= 4 is 17.4 Å². The van der Waals surface area contributed by atoms with Crippen LogP contribution >= 0.6 is 0 Å². The molecule has 0 aliphatic rings. The molecule has 0 atom stereocenters. The molecular weight excluding hydrogens is 261 g/mol. The molecular formula is C15H12FNO3. The average Bonchev–Trinajstić information content (AvgIpc) is 2.38. The van der Waals surface area contributed by atoms with Gasteiger partial charge < -0.3 is 10.4 Å². The Kier molecular flexibility index (Phi) is 3.79. The molecule has 20 heavy (non-hydrogen) atoms. The van der Waals surface area contributed by atoms with Crippen molar-refractivity contribution in [2.45, 2.75) is 6.92 Å². The standard InChI is InChI=1S/C15H12FNO3/c1-9(18)10-5-2-3-7-12(10)17-15(20)14-11(16)6-4-8-13(14)19/h2-8,19H,1H3,(H,17,20). The first-order valence-corrected chi connectivity index (χ1v) is 5.89. The highest BCUT2D eigenvalue weighted by molar-refractivity contribution is 6.10. The number of hydrogen-bond donors (Lipinski definition) is 2. The van der Waals surface area contributed by atoms with Gasteiger partial charge in [-0.15, -0.1) is 0 Å². The van der Waals surface area contributed by atoms with E-state index in [1.807, 2.05) is 0 Å². The van der Waals surface area contributed by atoms with Crippen molar-refractivity contribution < 1.29 is 19.1 Å². The molecule has 0 unspecified atom stereocenters. The molecule has 0 aromatic heterocycles. The number of Topliss-reactive ketones (excluding diaryl/α,β-unsaturated/α-hetero) is 1. The summed E-state index contributed by atoms with van der Waals surface area (Å²) in [6.45, 7) is 1.37. The number of hydrogen-bond acceptors (Lipinski definition) is 3. The predicted octanol–water partition coefficient (Wildman–Crippen LogP) is 2.99. The Bertz CT molecular complexity index is 662. The predicted molar refractivity (Wildman–Crippen MR) is 72.5 cm³/mol. The zero-order valence-electron chi connectivity index (χ0n) is 10.7. The number of carbonyl (C=O) groups is 2. The van der Waals surface area contributed by atoms with Gasteiger partial charge in [-0.3, -0.25) is 9.59 Å². The summed E-state index contributed by atoms with van der Waals surface area (Å²) < 4.78 is 13.6. The van der Waals surface area contributed by atoms with E-state index in [0.717, 1.165) is 6.07 Å². The molecule has 0 radical (unpaired) electrons. The van der Waals surface area contributed by atoms with E-state index in [1.54, 1.807) is 18.2 Å². The van der Waals surface area contributed by atoms with Crippen LogP contribution in [-0.4, -0.2) is 16.8 Å². The molecule has 0 aliphatic heterocycles. The van der Waals surface area contributed by atoms with Crippen molar-refractivity contribution in [2.75, 3.05) is 5.32 Å². The number of amides is 1. The van der Waals surface area contributed by atoms with Crippen LogP contribution in [-0.2, 0) is 0 Å². The van der Waals surface area contributed by atoms with Gasteiger partial charge in [0.2, 0.25) is 0 Å². The molecule has 5 heteroatoms. The van der Waals surface area contributed by atoms with Crippen LogP contribution in [0.3, 0.4) is 0 Å². The van der Waals surface area contributed by atoms with Gasteiger partial charge in [-0.05, 0) is 31.2 Å². The molecule has 0 spiro atoms. The van der Waals surface area contributed by atoms with Crippen molar-refractivity contribution in [1.82, 2.24) is 0 Å². The number of ketones is 1. The number of halogens is 1. The first-order chi connectivity index (χ1) is 9.50. The normalized spacial score (nSPS) is 10.1. The average molecular weight is 273 g/mol. The fourth-order valence-electron chi connectivity index (χ4n) is 1.82. The fraction of sp³-hybridized carbons (Fsp3) is 0.0667. The van der Waals surface area contributed by atoms with Crippen LogP contribution in [0, 0.1) is 5.82 Å². The summed E-state index contributed by atoms with van der Waals surface area (Å²) in [6, 6.07) is 9.98. The van der Waals surface area contributed by atoms with E-state index in [-0.39, 0.29) is 11.5 Å². The summed E-state index contributed by atoms with van der Waals surface area (Å²) in [7, 11) is 0. The van der Waals surface area contributed by atoms with Crippen LogP contribution in [0.4, 0.5) is 10.1 Å². The van der Waals surface area contributed by atoms with Gasteiger partial charge in [-0.25, -0.2) is 4.39 Å². The molecule has 2 aromatic carbocycles. The fourth-order valence-corrected chi connectivity index (χ4v) is 1.82. The zero-order chi connectivity index (χ0) is 14.7. The quantitative estimate of drug-likeness (QED) is 0.845. The second-order valence-corrected chi connectivity index (χ2v) is 4.19. The Morgan fingerprint density at radius 1 is 1.10 bits per heavy atom. The maximum atomic E-state index is 13.6. The Morgan fingerprint density at radius 3 is 2.45 bits per heavy atom. The van der Waals surface area contributed by atoms with E-state index < -0.39 is 23.0 Å². The van der Waals surface area contributed by atoms with Gasteiger partial charge in [0, 0.05) is 5.56 Å². The highest BCUT2D eigenvalue weighted by atomic mass is 19.1. The number of phenols is 1. The lowest BCUT2D eigenvalue weighted by Gasteiger charge is -2.10. The lowest BCUT2D eigenvalue weighted by molar-refractivity contribution is 0.101. The number of benzene rings is 2. The van der Waals surface area contributed by atoms with Crippen molar-refractivity contribution in [3.05, 3.63) is 59.4 Å². The lowest BCUT2D eigenvalue weighted by Crippen LogP contribution is -2.16. The van der Waals surface area contributed by atoms with Crippen molar-refractivity contribution in [2.24, 2.45) is 0 Å². The number of nitrogens with one attached hydrogen (secondary N) is 1. The molecule has 102 valence electrons. The molecule has 2 N–H and O–H groups in total.